The van der Waals surface area contributed by atoms with Gasteiger partial charge in [0, 0.05) is 32.7 Å². The molecular weight excluding hydrogens is 685 g/mol. The van der Waals surface area contributed by atoms with Crippen LogP contribution in [0.15, 0.2) is 209 Å². The van der Waals surface area contributed by atoms with Crippen molar-refractivity contribution in [3.8, 4) is 27.9 Å². The molecule has 0 amide bonds. The molecule has 0 saturated carbocycles. The van der Waals surface area contributed by atoms with Crippen LogP contribution in [0.25, 0.3) is 71.7 Å². The minimum Gasteiger partial charge on any atom is -0.454 e. The summed E-state index contributed by atoms with van der Waals surface area (Å²) in [5, 5.41) is 8.23. The molecule has 1 atom stereocenters. The average molecular weight is 719 g/mol. The number of nitrogens with one attached hydrogen (secondary N) is 1. The smallest absolute Gasteiger partial charge is 0.159 e. The number of para-hydroxylation sites is 2. The number of amidine groups is 2. The van der Waals surface area contributed by atoms with E-state index in [1.54, 1.807) is 0 Å². The van der Waals surface area contributed by atoms with Gasteiger partial charge in [0.05, 0.1) is 16.7 Å². The van der Waals surface area contributed by atoms with Crippen LogP contribution in [-0.4, -0.2) is 16.2 Å². The van der Waals surface area contributed by atoms with Crippen LogP contribution < -0.4 is 5.32 Å². The van der Waals surface area contributed by atoms with Crippen molar-refractivity contribution in [1.82, 2.24) is 9.88 Å². The van der Waals surface area contributed by atoms with Gasteiger partial charge in [0.1, 0.15) is 17.6 Å². The van der Waals surface area contributed by atoms with Crippen molar-refractivity contribution in [2.75, 3.05) is 0 Å². The van der Waals surface area contributed by atoms with Gasteiger partial charge in [-0.2, -0.15) is 0 Å². The first kappa shape index (κ1) is 32.0. The summed E-state index contributed by atoms with van der Waals surface area (Å²) in [5.41, 5.74) is 12.6. The van der Waals surface area contributed by atoms with Gasteiger partial charge >= 0.3 is 0 Å². The molecule has 1 aliphatic rings. The van der Waals surface area contributed by atoms with Crippen LogP contribution in [0.3, 0.4) is 0 Å². The lowest BCUT2D eigenvalue weighted by Crippen LogP contribution is -2.33. The fourth-order valence-electron chi connectivity index (χ4n) is 8.34. The summed E-state index contributed by atoms with van der Waals surface area (Å²) in [6, 6.07) is 67.9. The van der Waals surface area contributed by atoms with E-state index in [0.29, 0.717) is 5.84 Å². The Morgan fingerprint density at radius 2 is 1.09 bits per heavy atom. The number of hydrogen-bond donors (Lipinski definition) is 1. The lowest BCUT2D eigenvalue weighted by atomic mass is 9.97. The van der Waals surface area contributed by atoms with E-state index in [-0.39, 0.29) is 6.17 Å². The van der Waals surface area contributed by atoms with Gasteiger partial charge in [-0.15, -0.1) is 0 Å². The molecule has 11 rings (SSSR count). The van der Waals surface area contributed by atoms with Crippen LogP contribution in [0.1, 0.15) is 22.9 Å². The second-order valence-electron chi connectivity index (χ2n) is 14.2. The van der Waals surface area contributed by atoms with Crippen LogP contribution in [0, 0.1) is 0 Å². The highest BCUT2D eigenvalue weighted by atomic mass is 16.3. The van der Waals surface area contributed by atoms with Gasteiger partial charge < -0.3 is 14.3 Å². The van der Waals surface area contributed by atoms with Crippen LogP contribution in [0.2, 0.25) is 0 Å². The minimum absolute atomic E-state index is 0.271. The van der Waals surface area contributed by atoms with E-state index < -0.39 is 0 Å². The number of fused-ring (bicyclic) bond motifs is 6. The lowest BCUT2D eigenvalue weighted by Gasteiger charge is -2.24. The highest BCUT2D eigenvalue weighted by Gasteiger charge is 2.23. The number of furan rings is 1. The first-order chi connectivity index (χ1) is 27.8. The zero-order valence-electron chi connectivity index (χ0n) is 30.3. The first-order valence-electron chi connectivity index (χ1n) is 18.9. The molecule has 3 heterocycles. The van der Waals surface area contributed by atoms with Crippen molar-refractivity contribution in [2.24, 2.45) is 9.98 Å². The van der Waals surface area contributed by atoms with Crippen molar-refractivity contribution in [3.05, 3.63) is 211 Å². The summed E-state index contributed by atoms with van der Waals surface area (Å²) in [7, 11) is 0. The molecule has 0 bridgehead atoms. The Kier molecular flexibility index (Phi) is 7.49. The molecule has 1 N–H and O–H groups in total. The molecule has 0 aliphatic carbocycles. The highest BCUT2D eigenvalue weighted by molar-refractivity contribution is 6.19. The molecule has 10 aromatic rings. The van der Waals surface area contributed by atoms with Crippen molar-refractivity contribution in [1.29, 1.82) is 0 Å². The third kappa shape index (κ3) is 5.24. The summed E-state index contributed by atoms with van der Waals surface area (Å²) in [5.74, 6) is 1.48. The maximum Gasteiger partial charge on any atom is 0.159 e. The quantitative estimate of drug-likeness (QED) is 0.186. The van der Waals surface area contributed by atoms with E-state index in [1.807, 2.05) is 36.4 Å². The molecule has 1 unspecified atom stereocenters. The monoisotopic (exact) mass is 718 g/mol. The third-order valence-corrected chi connectivity index (χ3v) is 10.9. The molecule has 0 radical (unpaired) electrons. The molecule has 0 spiro atoms. The Morgan fingerprint density at radius 1 is 0.482 bits per heavy atom. The van der Waals surface area contributed by atoms with Crippen LogP contribution in [-0.2, 0) is 0 Å². The predicted octanol–water partition coefficient (Wildman–Crippen LogP) is 12.5. The van der Waals surface area contributed by atoms with Crippen LogP contribution in [0.4, 0.5) is 0 Å². The topological polar surface area (TPSA) is 54.8 Å². The Labute approximate surface area is 323 Å². The molecule has 0 fully saturated rings. The summed E-state index contributed by atoms with van der Waals surface area (Å²) < 4.78 is 9.25. The summed E-state index contributed by atoms with van der Waals surface area (Å²) in [4.78, 5) is 10.1. The van der Waals surface area contributed by atoms with Gasteiger partial charge in [-0.25, -0.2) is 9.98 Å². The summed E-state index contributed by atoms with van der Waals surface area (Å²) in [6.45, 7) is 0. The maximum atomic E-state index is 6.88. The predicted molar refractivity (Wildman–Crippen MR) is 231 cm³/mol. The van der Waals surface area contributed by atoms with E-state index in [1.165, 1.54) is 21.9 Å². The summed E-state index contributed by atoms with van der Waals surface area (Å²) >= 11 is 0. The minimum atomic E-state index is -0.271. The number of nitrogens with zero attached hydrogens (tertiary/aromatic N) is 3. The Hall–Kier alpha value is -7.50. The molecule has 264 valence electrons. The first-order valence-corrected chi connectivity index (χ1v) is 18.9. The average Bonchev–Trinajstić information content (AvgIpc) is 3.83. The molecule has 2 aromatic heterocycles. The fraction of sp³-hybridized carbons (Fsp3) is 0.0196. The number of hydrogen-bond acceptors (Lipinski definition) is 4. The number of benzene rings is 8. The van der Waals surface area contributed by atoms with Crippen molar-refractivity contribution >= 4 is 55.4 Å². The van der Waals surface area contributed by atoms with E-state index in [0.717, 1.165) is 72.3 Å². The highest BCUT2D eigenvalue weighted by Crippen LogP contribution is 2.43. The maximum absolute atomic E-state index is 6.88. The van der Waals surface area contributed by atoms with E-state index >= 15 is 0 Å². The number of aromatic nitrogens is 1. The third-order valence-electron chi connectivity index (χ3n) is 10.9. The second kappa shape index (κ2) is 13.1. The van der Waals surface area contributed by atoms with Crippen molar-refractivity contribution < 1.29 is 4.42 Å². The Balaban J connectivity index is 1.06. The molecule has 5 heteroatoms. The van der Waals surface area contributed by atoms with E-state index in [4.69, 9.17) is 14.4 Å². The Morgan fingerprint density at radius 3 is 1.91 bits per heavy atom. The number of rotatable bonds is 6. The molecule has 1 aliphatic heterocycles. The van der Waals surface area contributed by atoms with Crippen LogP contribution >= 0.6 is 0 Å². The molecule has 56 heavy (non-hydrogen) atoms. The van der Waals surface area contributed by atoms with Gasteiger partial charge in [-0.05, 0) is 58.1 Å². The number of aliphatic imine (C=N–C) groups is 2. The van der Waals surface area contributed by atoms with E-state index in [9.17, 15) is 0 Å². The SMILES string of the molecule is c1ccc(C2=NC(c3ccccc3)NC(c3cccc(-c4cccc5oc6c(-n7c8ccccc8c8c(-c9ccccc9)cccc87)cccc6c45)c3)=N2)cc1. The van der Waals surface area contributed by atoms with Crippen molar-refractivity contribution in [3.63, 3.8) is 0 Å². The standard InChI is InChI=1S/C51H34N4O/c1-4-16-33(17-5-1)38-25-13-29-43-46(38)40-24-10-11-28-42(40)55(43)44-30-14-27-41-47-39(26-15-31-45(47)56-48(41)44)36-22-12-23-37(32-36)51-53-49(34-18-6-2-7-19-34)52-50(54-51)35-20-8-3-9-21-35/h1-32,49H,(H,52,53,54). The zero-order valence-corrected chi connectivity index (χ0v) is 30.3. The van der Waals surface area contributed by atoms with Gasteiger partial charge in [0.15, 0.2) is 11.4 Å². The fourth-order valence-corrected chi connectivity index (χ4v) is 8.34. The molecule has 5 nitrogen and oxygen atoms in total. The van der Waals surface area contributed by atoms with E-state index in [2.05, 4.69) is 168 Å². The van der Waals surface area contributed by atoms with Gasteiger partial charge in [0.25, 0.3) is 0 Å². The largest absolute Gasteiger partial charge is 0.454 e. The normalized spacial score (nSPS) is 14.2. The summed E-state index contributed by atoms with van der Waals surface area (Å²) in [6.07, 6.45) is -0.271. The van der Waals surface area contributed by atoms with Crippen LogP contribution in [0.5, 0.6) is 0 Å². The van der Waals surface area contributed by atoms with Gasteiger partial charge in [0.2, 0.25) is 0 Å². The van der Waals surface area contributed by atoms with Crippen molar-refractivity contribution in [2.45, 2.75) is 6.17 Å². The second-order valence-corrected chi connectivity index (χ2v) is 14.2. The van der Waals surface area contributed by atoms with Gasteiger partial charge in [-0.3, -0.25) is 0 Å². The van der Waals surface area contributed by atoms with Gasteiger partial charge in [-0.1, -0.05) is 164 Å². The molecule has 0 saturated heterocycles. The molecular formula is C51H34N4O. The zero-order chi connectivity index (χ0) is 37.0. The Bertz CT molecular complexity index is 3160. The molecule has 8 aromatic carbocycles. The lowest BCUT2D eigenvalue weighted by molar-refractivity contribution is 0.666.